The monoisotopic (exact) mass is 886 g/mol. The average molecular weight is 886 g/mol. The van der Waals surface area contributed by atoms with Gasteiger partial charge in [-0.05, 0) is 24.0 Å². The first-order valence-electron chi connectivity index (χ1n) is 15.1. The van der Waals surface area contributed by atoms with Gasteiger partial charge in [-0.3, -0.25) is 24.3 Å². The van der Waals surface area contributed by atoms with Crippen molar-refractivity contribution in [3.63, 3.8) is 0 Å². The van der Waals surface area contributed by atoms with E-state index in [0.717, 1.165) is 9.80 Å². The number of benzene rings is 2. The molecular formula is C32H36GdN5Na2O12-3. The summed E-state index contributed by atoms with van der Waals surface area (Å²) in [6.45, 7) is -4.34. The summed E-state index contributed by atoms with van der Waals surface area (Å²) in [4.78, 5) is 86.2. The molecule has 0 radical (unpaired) electrons. The molecule has 0 aromatic heterocycles. The maximum Gasteiger partial charge on any atom is 1.00 e. The van der Waals surface area contributed by atoms with Crippen LogP contribution in [0.15, 0.2) is 60.7 Å². The molecule has 2 amide bonds. The van der Waals surface area contributed by atoms with Crippen LogP contribution in [0, 0.1) is 39.9 Å². The number of rotatable bonds is 24. The van der Waals surface area contributed by atoms with E-state index in [4.69, 9.17) is 0 Å². The fourth-order valence-corrected chi connectivity index (χ4v) is 4.78. The van der Waals surface area contributed by atoms with E-state index in [2.05, 4.69) is 10.6 Å². The summed E-state index contributed by atoms with van der Waals surface area (Å²) in [6, 6.07) is 13.9. The summed E-state index contributed by atoms with van der Waals surface area (Å²) in [7, 11) is 0. The van der Waals surface area contributed by atoms with Crippen molar-refractivity contribution in [2.24, 2.45) is 0 Å². The van der Waals surface area contributed by atoms with Gasteiger partial charge >= 0.3 is 59.1 Å². The first kappa shape index (κ1) is 52.0. The van der Waals surface area contributed by atoms with E-state index in [1.807, 2.05) is 0 Å². The van der Waals surface area contributed by atoms with Crippen molar-refractivity contribution in [1.82, 2.24) is 25.3 Å². The minimum Gasteiger partial charge on any atom is -0.549 e. The van der Waals surface area contributed by atoms with Crippen LogP contribution < -0.4 is 95.3 Å². The Hall–Kier alpha value is -2.07. The number of hydrogen-bond acceptors (Lipinski definition) is 15. The van der Waals surface area contributed by atoms with E-state index in [1.165, 1.54) is 4.90 Å². The molecule has 0 aliphatic carbocycles. The Labute approximate surface area is 376 Å². The van der Waals surface area contributed by atoms with Crippen LogP contribution in [0.2, 0.25) is 0 Å². The fourth-order valence-electron chi connectivity index (χ4n) is 4.78. The van der Waals surface area contributed by atoms with Crippen molar-refractivity contribution in [2.45, 2.75) is 24.9 Å². The minimum atomic E-state index is -1.58. The molecular weight excluding hydrogens is 850 g/mol. The summed E-state index contributed by atoms with van der Waals surface area (Å²) in [6.07, 6.45) is -0.202. The van der Waals surface area contributed by atoms with Crippen molar-refractivity contribution < 1.29 is 158 Å². The molecule has 0 bridgehead atoms. The molecule has 2 aromatic rings. The number of carbonyl (C=O) groups excluding carboxylic acids is 7. The normalized spacial score (nSPS) is 11.6. The van der Waals surface area contributed by atoms with Gasteiger partial charge in [-0.25, -0.2) is 0 Å². The van der Waals surface area contributed by atoms with Gasteiger partial charge in [0.25, 0.3) is 0 Å². The van der Waals surface area contributed by atoms with Crippen molar-refractivity contribution >= 4 is 41.7 Å². The number of amides is 2. The second-order valence-electron chi connectivity index (χ2n) is 11.1. The molecule has 0 aliphatic heterocycles. The van der Waals surface area contributed by atoms with Crippen molar-refractivity contribution in [1.29, 1.82) is 0 Å². The topological polar surface area (TPSA) is 269 Å². The molecule has 0 fully saturated rings. The Morgan fingerprint density at radius 3 is 1.06 bits per heavy atom. The zero-order valence-corrected chi connectivity index (χ0v) is 35.1. The van der Waals surface area contributed by atoms with Gasteiger partial charge in [-0.1, -0.05) is 60.7 Å². The molecule has 2 unspecified atom stereocenters. The van der Waals surface area contributed by atoms with Gasteiger partial charge in [0.2, 0.25) is 11.8 Å². The maximum absolute atomic E-state index is 12.7. The average Bonchev–Trinajstić information content (AvgIpc) is 3.01. The zero-order valence-electron chi connectivity index (χ0n) is 28.8. The van der Waals surface area contributed by atoms with Crippen LogP contribution in [-0.2, 0) is 46.4 Å². The fraction of sp³-hybridized carbons (Fsp3) is 0.406. The third-order valence-electron chi connectivity index (χ3n) is 7.06. The number of carboxylic acids is 5. The van der Waals surface area contributed by atoms with E-state index >= 15 is 0 Å². The molecule has 20 heteroatoms. The molecule has 2 N–H and O–H groups in total. The largest absolute Gasteiger partial charge is 1.00 e. The van der Waals surface area contributed by atoms with Crippen LogP contribution in [0.5, 0.6) is 0 Å². The standard InChI is InChI=1S/C32H41N5O12.Gd.2Na/c38-26(33-24(31(46)47)15-22-7-3-1-4-8-22)17-36(20-29(42)43)13-11-35(19-28(40)41)12-14-37(21-30(44)45)18-27(39)34-25(32(48)49)16-23-9-5-2-6-10-23;;;/h1-10,24-25H,11-21H2,(H,33,38)(H,34,39)(H,40,41)(H,42,43)(H,44,45)(H,46,47)(H,48,49);;;/q;;2*+1/p-5. The van der Waals surface area contributed by atoms with Gasteiger partial charge < -0.3 is 60.1 Å². The Bertz CT molecular complexity index is 1350. The molecule has 0 heterocycles. The summed E-state index contributed by atoms with van der Waals surface area (Å²) >= 11 is 0. The van der Waals surface area contributed by atoms with Crippen LogP contribution in [0.1, 0.15) is 11.1 Å². The molecule has 0 spiro atoms. The van der Waals surface area contributed by atoms with Crippen LogP contribution in [-0.4, -0.2) is 127 Å². The second-order valence-corrected chi connectivity index (χ2v) is 11.1. The second kappa shape index (κ2) is 28.4. The van der Waals surface area contributed by atoms with E-state index in [1.54, 1.807) is 60.7 Å². The number of nitrogens with zero attached hydrogens (tertiary/aromatic N) is 3. The van der Waals surface area contributed by atoms with Gasteiger partial charge in [-0.15, -0.1) is 0 Å². The predicted molar refractivity (Wildman–Crippen MR) is 159 cm³/mol. The SMILES string of the molecule is O=C([O-])CN(CCN(CC(=O)[O-])CC(=O)NC(Cc1ccccc1)C(=O)[O-])CCN(CC(=O)[O-])CC(=O)NC(Cc1ccccc1)C(=O)[O-].[Gd].[Na+].[Na+]. The van der Waals surface area contributed by atoms with Gasteiger partial charge in [0, 0.05) is 85.8 Å². The number of hydrogen-bond donors (Lipinski definition) is 2. The smallest absolute Gasteiger partial charge is 0.549 e. The van der Waals surface area contributed by atoms with E-state index in [0.29, 0.717) is 11.1 Å². The van der Waals surface area contributed by atoms with Crippen LogP contribution in [0.3, 0.4) is 0 Å². The van der Waals surface area contributed by atoms with Gasteiger partial charge in [0.05, 0.1) is 55.0 Å². The molecule has 2 aromatic carbocycles. The zero-order chi connectivity index (χ0) is 36.3. The van der Waals surface area contributed by atoms with Gasteiger partial charge in [-0.2, -0.15) is 0 Å². The summed E-state index contributed by atoms with van der Waals surface area (Å²) in [5, 5.41) is 62.0. The first-order chi connectivity index (χ1) is 23.2. The number of carboxylic acid groups (broad SMARTS) is 5. The summed E-state index contributed by atoms with van der Waals surface area (Å²) in [5.41, 5.74) is 1.19. The number of aliphatic carboxylic acids is 5. The van der Waals surface area contributed by atoms with Crippen molar-refractivity contribution in [2.75, 3.05) is 58.9 Å². The predicted octanol–water partition coefficient (Wildman–Crippen LogP) is -13.9. The van der Waals surface area contributed by atoms with E-state index < -0.39 is 86.5 Å². The molecule has 2 rings (SSSR count). The number of carbonyl (C=O) groups is 7. The summed E-state index contributed by atoms with van der Waals surface area (Å²) < 4.78 is 0. The molecule has 17 nitrogen and oxygen atoms in total. The Morgan fingerprint density at radius 1 is 0.481 bits per heavy atom. The Kier molecular flexibility index (Phi) is 28.4. The third kappa shape index (κ3) is 22.9. The minimum absolute atomic E-state index is 0. The van der Waals surface area contributed by atoms with Gasteiger partial charge in [0.15, 0.2) is 0 Å². The van der Waals surface area contributed by atoms with E-state index in [-0.39, 0.29) is 138 Å². The molecule has 0 saturated carbocycles. The van der Waals surface area contributed by atoms with Crippen molar-refractivity contribution in [3.8, 4) is 0 Å². The molecule has 0 saturated heterocycles. The quantitative estimate of drug-likeness (QED) is 0.0928. The first-order valence-corrected chi connectivity index (χ1v) is 15.1. The van der Waals surface area contributed by atoms with Crippen LogP contribution in [0.25, 0.3) is 0 Å². The molecule has 2 atom stereocenters. The van der Waals surface area contributed by atoms with Crippen molar-refractivity contribution in [3.05, 3.63) is 71.8 Å². The third-order valence-corrected chi connectivity index (χ3v) is 7.06. The Morgan fingerprint density at radius 2 is 0.769 bits per heavy atom. The summed E-state index contributed by atoms with van der Waals surface area (Å²) in [5.74, 6) is -9.53. The van der Waals surface area contributed by atoms with E-state index in [9.17, 15) is 59.1 Å². The molecule has 274 valence electrons. The van der Waals surface area contributed by atoms with Gasteiger partial charge in [0.1, 0.15) is 0 Å². The Balaban J connectivity index is 0. The molecule has 0 aliphatic rings. The maximum atomic E-state index is 12.7. The molecule has 52 heavy (non-hydrogen) atoms. The number of nitrogens with one attached hydrogen (secondary N) is 2. The van der Waals surface area contributed by atoms with Crippen LogP contribution >= 0.6 is 0 Å². The van der Waals surface area contributed by atoms with Crippen LogP contribution in [0.4, 0.5) is 0 Å².